The second-order valence-corrected chi connectivity index (χ2v) is 2.46. The minimum Gasteiger partial charge on any atom is -0.375 e. The van der Waals surface area contributed by atoms with E-state index in [1.54, 1.807) is 14.2 Å². The molecule has 62 valence electrons. The van der Waals surface area contributed by atoms with Crippen molar-refractivity contribution < 1.29 is 14.2 Å². The molecule has 0 N–H and O–H groups in total. The zero-order valence-electron chi connectivity index (χ0n) is 6.30. The first-order valence-electron chi connectivity index (χ1n) is 3.04. The van der Waals surface area contributed by atoms with E-state index in [-0.39, 0.29) is 6.29 Å². The highest BCUT2D eigenvalue weighted by molar-refractivity contribution is 9.09. The maximum absolute atomic E-state index is 5.13. The van der Waals surface area contributed by atoms with Crippen LogP contribution < -0.4 is 0 Å². The summed E-state index contributed by atoms with van der Waals surface area (Å²) in [5.41, 5.74) is 0. The Labute approximate surface area is 69.8 Å². The number of hydrogen-bond acceptors (Lipinski definition) is 3. The molecule has 0 aromatic heterocycles. The summed E-state index contributed by atoms with van der Waals surface area (Å²) in [5, 5.41) is 0.840. The maximum Gasteiger partial charge on any atom is 0.180 e. The first kappa shape index (κ1) is 10.4. The van der Waals surface area contributed by atoms with Gasteiger partial charge in [-0.05, 0) is 0 Å². The summed E-state index contributed by atoms with van der Waals surface area (Å²) >= 11 is 3.24. The predicted octanol–water partition coefficient (Wildman–Crippen LogP) is 1.02. The van der Waals surface area contributed by atoms with Gasteiger partial charge in [0.2, 0.25) is 0 Å². The Bertz CT molecular complexity index is 66.0. The van der Waals surface area contributed by atoms with Gasteiger partial charge in [-0.15, -0.1) is 0 Å². The molecule has 0 aromatic rings. The first-order chi connectivity index (χ1) is 4.85. The third kappa shape index (κ3) is 5.17. The van der Waals surface area contributed by atoms with Crippen molar-refractivity contribution in [3.63, 3.8) is 0 Å². The normalized spacial score (nSPS) is 10.8. The van der Waals surface area contributed by atoms with E-state index in [2.05, 4.69) is 15.9 Å². The van der Waals surface area contributed by atoms with E-state index in [0.717, 1.165) is 5.33 Å². The van der Waals surface area contributed by atoms with Gasteiger partial charge in [0.25, 0.3) is 0 Å². The van der Waals surface area contributed by atoms with Crippen LogP contribution in [0.1, 0.15) is 0 Å². The van der Waals surface area contributed by atoms with E-state index < -0.39 is 0 Å². The van der Waals surface area contributed by atoms with Crippen LogP contribution >= 0.6 is 15.9 Å². The molecule has 0 atom stereocenters. The lowest BCUT2D eigenvalue weighted by molar-refractivity contribution is -0.138. The van der Waals surface area contributed by atoms with Crippen LogP contribution in [-0.2, 0) is 14.2 Å². The highest BCUT2D eigenvalue weighted by Crippen LogP contribution is 1.92. The van der Waals surface area contributed by atoms with Gasteiger partial charge in [0.15, 0.2) is 6.29 Å². The number of rotatable bonds is 6. The SMILES string of the molecule is COC(COCCBr)OC. The molecular formula is C6H13BrO3. The summed E-state index contributed by atoms with van der Waals surface area (Å²) in [7, 11) is 3.18. The van der Waals surface area contributed by atoms with Gasteiger partial charge in [0, 0.05) is 19.5 Å². The molecule has 4 heteroatoms. The smallest absolute Gasteiger partial charge is 0.180 e. The summed E-state index contributed by atoms with van der Waals surface area (Å²) in [6.45, 7) is 1.17. The van der Waals surface area contributed by atoms with Crippen LogP contribution in [0.4, 0.5) is 0 Å². The number of alkyl halides is 1. The predicted molar refractivity (Wildman–Crippen MR) is 42.4 cm³/mol. The number of ether oxygens (including phenoxy) is 3. The van der Waals surface area contributed by atoms with Gasteiger partial charge in [0.1, 0.15) is 0 Å². The second kappa shape index (κ2) is 7.47. The first-order valence-corrected chi connectivity index (χ1v) is 4.16. The van der Waals surface area contributed by atoms with Gasteiger partial charge in [-0.2, -0.15) is 0 Å². The van der Waals surface area contributed by atoms with Crippen molar-refractivity contribution in [2.24, 2.45) is 0 Å². The van der Waals surface area contributed by atoms with Gasteiger partial charge in [-0.3, -0.25) is 0 Å². The second-order valence-electron chi connectivity index (χ2n) is 1.66. The highest BCUT2D eigenvalue weighted by Gasteiger charge is 2.02. The van der Waals surface area contributed by atoms with E-state index in [0.29, 0.717) is 13.2 Å². The fraction of sp³-hybridized carbons (Fsp3) is 1.00. The fourth-order valence-corrected chi connectivity index (χ4v) is 0.695. The molecule has 0 aliphatic heterocycles. The van der Waals surface area contributed by atoms with Crippen molar-refractivity contribution in [1.29, 1.82) is 0 Å². The zero-order valence-corrected chi connectivity index (χ0v) is 7.89. The molecule has 0 amide bonds. The summed E-state index contributed by atoms with van der Waals surface area (Å²) < 4.78 is 14.9. The Morgan fingerprint density at radius 2 is 1.90 bits per heavy atom. The molecule has 0 heterocycles. The van der Waals surface area contributed by atoms with Crippen molar-refractivity contribution in [2.45, 2.75) is 6.29 Å². The molecule has 3 nitrogen and oxygen atoms in total. The molecule has 0 spiro atoms. The van der Waals surface area contributed by atoms with Gasteiger partial charge < -0.3 is 14.2 Å². The molecule has 0 aromatic carbocycles. The van der Waals surface area contributed by atoms with Crippen molar-refractivity contribution in [3.8, 4) is 0 Å². The van der Waals surface area contributed by atoms with Gasteiger partial charge >= 0.3 is 0 Å². The average molecular weight is 213 g/mol. The maximum atomic E-state index is 5.13. The average Bonchev–Trinajstić information content (AvgIpc) is 1.99. The summed E-state index contributed by atoms with van der Waals surface area (Å²) in [6, 6.07) is 0. The Morgan fingerprint density at radius 1 is 1.30 bits per heavy atom. The summed E-state index contributed by atoms with van der Waals surface area (Å²) in [4.78, 5) is 0. The van der Waals surface area contributed by atoms with Crippen LogP contribution in [0.15, 0.2) is 0 Å². The minimum atomic E-state index is -0.237. The lowest BCUT2D eigenvalue weighted by Crippen LogP contribution is -2.20. The molecule has 0 saturated carbocycles. The van der Waals surface area contributed by atoms with Crippen molar-refractivity contribution in [1.82, 2.24) is 0 Å². The van der Waals surface area contributed by atoms with Crippen LogP contribution in [0.2, 0.25) is 0 Å². The molecule has 0 aliphatic rings. The van der Waals surface area contributed by atoms with Crippen LogP contribution in [0.5, 0.6) is 0 Å². The molecule has 10 heavy (non-hydrogen) atoms. The van der Waals surface area contributed by atoms with Crippen LogP contribution in [0.3, 0.4) is 0 Å². The number of methoxy groups -OCH3 is 2. The van der Waals surface area contributed by atoms with E-state index in [1.165, 1.54) is 0 Å². The Hall–Kier alpha value is 0.360. The van der Waals surface area contributed by atoms with E-state index in [1.807, 2.05) is 0 Å². The molecule has 0 radical (unpaired) electrons. The summed E-state index contributed by atoms with van der Waals surface area (Å²) in [5.74, 6) is 0. The Balaban J connectivity index is 3.09. The molecule has 0 fully saturated rings. The highest BCUT2D eigenvalue weighted by atomic mass is 79.9. The Kier molecular flexibility index (Phi) is 7.74. The quantitative estimate of drug-likeness (QED) is 0.374. The monoisotopic (exact) mass is 212 g/mol. The summed E-state index contributed by atoms with van der Waals surface area (Å²) in [6.07, 6.45) is -0.237. The van der Waals surface area contributed by atoms with Crippen LogP contribution in [0.25, 0.3) is 0 Å². The van der Waals surface area contributed by atoms with Crippen molar-refractivity contribution in [3.05, 3.63) is 0 Å². The van der Waals surface area contributed by atoms with E-state index in [9.17, 15) is 0 Å². The lowest BCUT2D eigenvalue weighted by atomic mass is 10.7. The third-order valence-corrected chi connectivity index (χ3v) is 1.32. The van der Waals surface area contributed by atoms with Gasteiger partial charge in [-0.25, -0.2) is 0 Å². The van der Waals surface area contributed by atoms with Gasteiger partial charge in [-0.1, -0.05) is 15.9 Å². The molecule has 0 saturated heterocycles. The zero-order chi connectivity index (χ0) is 7.82. The molecular weight excluding hydrogens is 200 g/mol. The number of halogens is 1. The standard InChI is InChI=1S/C6H13BrO3/c1-8-6(9-2)5-10-4-3-7/h6H,3-5H2,1-2H3. The third-order valence-electron chi connectivity index (χ3n) is 1.00. The lowest BCUT2D eigenvalue weighted by Gasteiger charge is -2.12. The molecule has 0 aliphatic carbocycles. The van der Waals surface area contributed by atoms with E-state index >= 15 is 0 Å². The fourth-order valence-electron chi connectivity index (χ4n) is 0.466. The van der Waals surface area contributed by atoms with Crippen LogP contribution in [0, 0.1) is 0 Å². The molecule has 0 unspecified atom stereocenters. The molecule has 0 bridgehead atoms. The number of hydrogen-bond donors (Lipinski definition) is 0. The molecule has 0 rings (SSSR count). The minimum absolute atomic E-state index is 0.237. The topological polar surface area (TPSA) is 27.7 Å². The van der Waals surface area contributed by atoms with Crippen molar-refractivity contribution >= 4 is 15.9 Å². The van der Waals surface area contributed by atoms with Gasteiger partial charge in [0.05, 0.1) is 13.2 Å². The van der Waals surface area contributed by atoms with E-state index in [4.69, 9.17) is 14.2 Å². The van der Waals surface area contributed by atoms with Crippen molar-refractivity contribution in [2.75, 3.05) is 32.8 Å². The Morgan fingerprint density at radius 3 is 2.30 bits per heavy atom. The van der Waals surface area contributed by atoms with Crippen LogP contribution in [-0.4, -0.2) is 39.1 Å². The largest absolute Gasteiger partial charge is 0.375 e.